The Morgan fingerprint density at radius 1 is 1.30 bits per heavy atom. The molecule has 0 fully saturated rings. The number of esters is 1. The second kappa shape index (κ2) is 9.37. The highest BCUT2D eigenvalue weighted by Gasteiger charge is 2.02. The summed E-state index contributed by atoms with van der Waals surface area (Å²) in [5.41, 5.74) is 6.90. The molecule has 0 bridgehead atoms. The van der Waals surface area contributed by atoms with Gasteiger partial charge >= 0.3 is 5.97 Å². The molecule has 4 nitrogen and oxygen atoms in total. The van der Waals surface area contributed by atoms with Gasteiger partial charge in [0.2, 0.25) is 0 Å². The van der Waals surface area contributed by atoms with Gasteiger partial charge in [-0.25, -0.2) is 0 Å². The molecular weight excluding hydrogens is 254 g/mol. The first-order valence-corrected chi connectivity index (χ1v) is 7.27. The number of carbonyl (C=O) groups is 1. The van der Waals surface area contributed by atoms with Crippen molar-refractivity contribution >= 4 is 5.97 Å². The van der Waals surface area contributed by atoms with Crippen molar-refractivity contribution in [3.8, 4) is 5.75 Å². The van der Waals surface area contributed by atoms with Gasteiger partial charge in [-0.2, -0.15) is 0 Å². The third kappa shape index (κ3) is 6.57. The van der Waals surface area contributed by atoms with E-state index in [0.29, 0.717) is 19.6 Å². The number of ether oxygens (including phenoxy) is 2. The highest BCUT2D eigenvalue weighted by atomic mass is 16.5. The summed E-state index contributed by atoms with van der Waals surface area (Å²) >= 11 is 0. The highest BCUT2D eigenvalue weighted by molar-refractivity contribution is 5.69. The van der Waals surface area contributed by atoms with Crippen molar-refractivity contribution in [2.75, 3.05) is 13.2 Å². The van der Waals surface area contributed by atoms with E-state index in [1.54, 1.807) is 0 Å². The summed E-state index contributed by atoms with van der Waals surface area (Å²) < 4.78 is 10.6. The van der Waals surface area contributed by atoms with Crippen LogP contribution in [0.15, 0.2) is 24.3 Å². The van der Waals surface area contributed by atoms with Crippen molar-refractivity contribution in [2.45, 2.75) is 45.6 Å². The molecule has 0 aromatic heterocycles. The van der Waals surface area contributed by atoms with Gasteiger partial charge in [0.05, 0.1) is 13.2 Å². The summed E-state index contributed by atoms with van der Waals surface area (Å²) in [6, 6.07) is 7.88. The predicted molar refractivity (Wildman–Crippen MR) is 79.6 cm³/mol. The Morgan fingerprint density at radius 3 is 2.80 bits per heavy atom. The summed E-state index contributed by atoms with van der Waals surface area (Å²) in [5, 5.41) is 0. The molecule has 1 rings (SSSR count). The number of carbonyl (C=O) groups excluding carboxylic acids is 1. The first kappa shape index (κ1) is 16.5. The van der Waals surface area contributed by atoms with Crippen molar-refractivity contribution in [3.05, 3.63) is 29.8 Å². The van der Waals surface area contributed by atoms with Gasteiger partial charge < -0.3 is 15.2 Å². The first-order chi connectivity index (χ1) is 9.63. The monoisotopic (exact) mass is 279 g/mol. The SMILES string of the molecule is CCOC(=O)CCCCCOc1cccc([C@@H](C)N)c1. The molecule has 0 aliphatic carbocycles. The maximum atomic E-state index is 11.1. The van der Waals surface area contributed by atoms with Crippen LogP contribution < -0.4 is 10.5 Å². The van der Waals surface area contributed by atoms with Crippen LogP contribution in [-0.4, -0.2) is 19.2 Å². The van der Waals surface area contributed by atoms with E-state index in [-0.39, 0.29) is 12.0 Å². The molecule has 0 saturated heterocycles. The maximum absolute atomic E-state index is 11.1. The Morgan fingerprint density at radius 2 is 2.10 bits per heavy atom. The fourth-order valence-corrected chi connectivity index (χ4v) is 1.86. The summed E-state index contributed by atoms with van der Waals surface area (Å²) in [4.78, 5) is 11.1. The third-order valence-corrected chi connectivity index (χ3v) is 2.98. The molecule has 2 N–H and O–H groups in total. The lowest BCUT2D eigenvalue weighted by atomic mass is 10.1. The Hall–Kier alpha value is -1.55. The van der Waals surface area contributed by atoms with Gasteiger partial charge in [0, 0.05) is 12.5 Å². The zero-order chi connectivity index (χ0) is 14.8. The van der Waals surface area contributed by atoms with Gasteiger partial charge in [-0.3, -0.25) is 4.79 Å². The number of rotatable bonds is 9. The van der Waals surface area contributed by atoms with Crippen molar-refractivity contribution in [1.82, 2.24) is 0 Å². The molecule has 0 unspecified atom stereocenters. The van der Waals surface area contributed by atoms with Crippen LogP contribution in [0.1, 0.15) is 51.1 Å². The molecule has 1 atom stereocenters. The molecule has 0 spiro atoms. The normalized spacial score (nSPS) is 11.9. The number of hydrogen-bond donors (Lipinski definition) is 1. The molecule has 20 heavy (non-hydrogen) atoms. The largest absolute Gasteiger partial charge is 0.494 e. The minimum absolute atomic E-state index is 0.0168. The lowest BCUT2D eigenvalue weighted by Gasteiger charge is -2.10. The average Bonchev–Trinajstić information content (AvgIpc) is 2.43. The van der Waals surface area contributed by atoms with Gasteiger partial charge in [0.15, 0.2) is 0 Å². The molecule has 1 aromatic carbocycles. The summed E-state index contributed by atoms with van der Waals surface area (Å²) in [7, 11) is 0. The van der Waals surface area contributed by atoms with E-state index >= 15 is 0 Å². The smallest absolute Gasteiger partial charge is 0.305 e. The quantitative estimate of drug-likeness (QED) is 0.557. The Labute approximate surface area is 121 Å². The van der Waals surface area contributed by atoms with Gasteiger partial charge in [-0.05, 0) is 50.8 Å². The molecule has 0 aliphatic rings. The van der Waals surface area contributed by atoms with E-state index in [1.165, 1.54) is 0 Å². The Balaban J connectivity index is 2.15. The third-order valence-electron chi connectivity index (χ3n) is 2.98. The van der Waals surface area contributed by atoms with Crippen LogP contribution in [0.5, 0.6) is 5.75 Å². The minimum Gasteiger partial charge on any atom is -0.494 e. The zero-order valence-corrected chi connectivity index (χ0v) is 12.4. The number of nitrogens with two attached hydrogens (primary N) is 1. The van der Waals surface area contributed by atoms with Gasteiger partial charge in [0.1, 0.15) is 5.75 Å². The predicted octanol–water partition coefficient (Wildman–Crippen LogP) is 3.21. The van der Waals surface area contributed by atoms with E-state index in [4.69, 9.17) is 15.2 Å². The highest BCUT2D eigenvalue weighted by Crippen LogP contribution is 2.17. The second-order valence-corrected chi connectivity index (χ2v) is 4.83. The Bertz CT molecular complexity index is 404. The van der Waals surface area contributed by atoms with Crippen molar-refractivity contribution in [2.24, 2.45) is 5.73 Å². The van der Waals surface area contributed by atoms with Crippen LogP contribution in [0.3, 0.4) is 0 Å². The van der Waals surface area contributed by atoms with Crippen LogP contribution in [0, 0.1) is 0 Å². The van der Waals surface area contributed by atoms with Crippen LogP contribution in [0.2, 0.25) is 0 Å². The van der Waals surface area contributed by atoms with E-state index in [2.05, 4.69) is 0 Å². The lowest BCUT2D eigenvalue weighted by molar-refractivity contribution is -0.143. The molecule has 4 heteroatoms. The number of unbranched alkanes of at least 4 members (excludes halogenated alkanes) is 2. The standard InChI is InChI=1S/C16H25NO3/c1-3-19-16(18)10-5-4-6-11-20-15-9-7-8-14(12-15)13(2)17/h7-9,12-13H,3-6,10-11,17H2,1-2H3/t13-/m1/s1. The molecule has 0 heterocycles. The maximum Gasteiger partial charge on any atom is 0.305 e. The molecule has 0 saturated carbocycles. The molecule has 0 radical (unpaired) electrons. The molecule has 0 amide bonds. The molecule has 112 valence electrons. The first-order valence-electron chi connectivity index (χ1n) is 7.27. The van der Waals surface area contributed by atoms with Gasteiger partial charge in [-0.1, -0.05) is 12.1 Å². The van der Waals surface area contributed by atoms with Gasteiger partial charge in [0.25, 0.3) is 0 Å². The summed E-state index contributed by atoms with van der Waals surface area (Å²) in [6.07, 6.45) is 3.24. The van der Waals surface area contributed by atoms with Gasteiger partial charge in [-0.15, -0.1) is 0 Å². The van der Waals surface area contributed by atoms with E-state index < -0.39 is 0 Å². The lowest BCUT2D eigenvalue weighted by Crippen LogP contribution is -2.06. The summed E-state index contributed by atoms with van der Waals surface area (Å²) in [6.45, 7) is 4.89. The fourth-order valence-electron chi connectivity index (χ4n) is 1.86. The van der Waals surface area contributed by atoms with E-state index in [0.717, 1.165) is 30.6 Å². The molecule has 0 aliphatic heterocycles. The van der Waals surface area contributed by atoms with E-state index in [1.807, 2.05) is 38.1 Å². The number of hydrogen-bond acceptors (Lipinski definition) is 4. The van der Waals surface area contributed by atoms with E-state index in [9.17, 15) is 4.79 Å². The molecule has 1 aromatic rings. The van der Waals surface area contributed by atoms with Crippen molar-refractivity contribution in [1.29, 1.82) is 0 Å². The zero-order valence-electron chi connectivity index (χ0n) is 12.4. The van der Waals surface area contributed by atoms with Crippen LogP contribution >= 0.6 is 0 Å². The molecular formula is C16H25NO3. The van der Waals surface area contributed by atoms with Crippen molar-refractivity contribution < 1.29 is 14.3 Å². The second-order valence-electron chi connectivity index (χ2n) is 4.83. The van der Waals surface area contributed by atoms with Crippen LogP contribution in [0.25, 0.3) is 0 Å². The summed E-state index contributed by atoms with van der Waals surface area (Å²) in [5.74, 6) is 0.739. The average molecular weight is 279 g/mol. The Kier molecular flexibility index (Phi) is 7.73. The fraction of sp³-hybridized carbons (Fsp3) is 0.562. The van der Waals surface area contributed by atoms with Crippen molar-refractivity contribution in [3.63, 3.8) is 0 Å². The van der Waals surface area contributed by atoms with Crippen LogP contribution in [-0.2, 0) is 9.53 Å². The topological polar surface area (TPSA) is 61.5 Å². The minimum atomic E-state index is -0.113. The van der Waals surface area contributed by atoms with Crippen LogP contribution in [0.4, 0.5) is 0 Å². The number of benzene rings is 1.